The number of amides is 1. The van der Waals surface area contributed by atoms with E-state index in [1.807, 2.05) is 4.90 Å². The summed E-state index contributed by atoms with van der Waals surface area (Å²) in [5, 5.41) is 0. The first-order chi connectivity index (χ1) is 7.67. The molecule has 96 valence electrons. The number of hydrogen-bond acceptors (Lipinski definition) is 2. The summed E-state index contributed by atoms with van der Waals surface area (Å²) in [6.45, 7) is 8.10. The van der Waals surface area contributed by atoms with Gasteiger partial charge in [0.05, 0.1) is 6.04 Å². The average molecular weight is 228 g/mol. The van der Waals surface area contributed by atoms with Gasteiger partial charge in [-0.25, -0.2) is 0 Å². The van der Waals surface area contributed by atoms with Crippen LogP contribution in [0, 0.1) is 0 Å². The summed E-state index contributed by atoms with van der Waals surface area (Å²) in [4.78, 5) is 14.0. The van der Waals surface area contributed by atoms with Crippen LogP contribution in [0.4, 0.5) is 0 Å². The Morgan fingerprint density at radius 2 is 1.56 bits per heavy atom. The van der Waals surface area contributed by atoms with Gasteiger partial charge < -0.3 is 10.6 Å². The highest BCUT2D eigenvalue weighted by Gasteiger charge is 2.19. The summed E-state index contributed by atoms with van der Waals surface area (Å²) in [5.41, 5.74) is 5.88. The van der Waals surface area contributed by atoms with Crippen molar-refractivity contribution >= 4 is 5.91 Å². The van der Waals surface area contributed by atoms with E-state index >= 15 is 0 Å². The summed E-state index contributed by atoms with van der Waals surface area (Å²) in [5.74, 6) is 0.142. The van der Waals surface area contributed by atoms with Crippen LogP contribution in [-0.4, -0.2) is 29.9 Å². The van der Waals surface area contributed by atoms with Gasteiger partial charge >= 0.3 is 0 Å². The highest BCUT2D eigenvalue weighted by atomic mass is 16.2. The van der Waals surface area contributed by atoms with Gasteiger partial charge in [-0.05, 0) is 19.3 Å². The SMILES string of the molecule is CCCCN(CCCC)C(=O)[C@H](N)CCC. The monoisotopic (exact) mass is 228 g/mol. The smallest absolute Gasteiger partial charge is 0.239 e. The molecule has 1 amide bonds. The second kappa shape index (κ2) is 9.64. The zero-order chi connectivity index (χ0) is 12.4. The molecule has 0 rings (SSSR count). The zero-order valence-corrected chi connectivity index (χ0v) is 11.2. The molecule has 0 aliphatic heterocycles. The molecule has 3 heteroatoms. The molecule has 0 unspecified atom stereocenters. The molecule has 0 aromatic heterocycles. The van der Waals surface area contributed by atoms with Crippen molar-refractivity contribution in [2.75, 3.05) is 13.1 Å². The molecule has 2 N–H and O–H groups in total. The van der Waals surface area contributed by atoms with Crippen LogP contribution in [-0.2, 0) is 4.79 Å². The van der Waals surface area contributed by atoms with Crippen LogP contribution in [0.5, 0.6) is 0 Å². The van der Waals surface area contributed by atoms with Crippen molar-refractivity contribution in [1.82, 2.24) is 4.90 Å². The summed E-state index contributed by atoms with van der Waals surface area (Å²) in [6, 6.07) is -0.293. The lowest BCUT2D eigenvalue weighted by Gasteiger charge is -2.25. The lowest BCUT2D eigenvalue weighted by molar-refractivity contribution is -0.132. The number of unbranched alkanes of at least 4 members (excludes halogenated alkanes) is 2. The van der Waals surface area contributed by atoms with Crippen molar-refractivity contribution in [1.29, 1.82) is 0 Å². The van der Waals surface area contributed by atoms with Gasteiger partial charge in [-0.3, -0.25) is 4.79 Å². The molecule has 3 nitrogen and oxygen atoms in total. The molecule has 0 fully saturated rings. The van der Waals surface area contributed by atoms with Crippen LogP contribution < -0.4 is 5.73 Å². The molecular weight excluding hydrogens is 200 g/mol. The molecule has 16 heavy (non-hydrogen) atoms. The van der Waals surface area contributed by atoms with Gasteiger partial charge in [0.1, 0.15) is 0 Å². The molecule has 0 radical (unpaired) electrons. The normalized spacial score (nSPS) is 12.5. The summed E-state index contributed by atoms with van der Waals surface area (Å²) in [7, 11) is 0. The number of carbonyl (C=O) groups excluding carboxylic acids is 1. The fraction of sp³-hybridized carbons (Fsp3) is 0.923. The van der Waals surface area contributed by atoms with E-state index in [1.54, 1.807) is 0 Å². The van der Waals surface area contributed by atoms with E-state index in [1.165, 1.54) is 0 Å². The van der Waals surface area contributed by atoms with E-state index < -0.39 is 0 Å². The fourth-order valence-corrected chi connectivity index (χ4v) is 1.70. The van der Waals surface area contributed by atoms with Crippen molar-refractivity contribution in [2.24, 2.45) is 5.73 Å². The number of rotatable bonds is 9. The Morgan fingerprint density at radius 3 is 1.94 bits per heavy atom. The van der Waals surface area contributed by atoms with Gasteiger partial charge in [0, 0.05) is 13.1 Å². The first-order valence-electron chi connectivity index (χ1n) is 6.71. The van der Waals surface area contributed by atoms with E-state index in [0.717, 1.165) is 51.6 Å². The molecule has 0 saturated carbocycles. The van der Waals surface area contributed by atoms with Crippen LogP contribution in [0.1, 0.15) is 59.3 Å². The summed E-state index contributed by atoms with van der Waals surface area (Å²) >= 11 is 0. The van der Waals surface area contributed by atoms with E-state index in [2.05, 4.69) is 20.8 Å². The molecule has 0 aliphatic rings. The minimum Gasteiger partial charge on any atom is -0.341 e. The topological polar surface area (TPSA) is 46.3 Å². The fourth-order valence-electron chi connectivity index (χ4n) is 1.70. The molecule has 0 aliphatic carbocycles. The minimum absolute atomic E-state index is 0.142. The second-order valence-electron chi connectivity index (χ2n) is 4.43. The number of nitrogens with zero attached hydrogens (tertiary/aromatic N) is 1. The Hall–Kier alpha value is -0.570. The highest BCUT2D eigenvalue weighted by Crippen LogP contribution is 2.04. The van der Waals surface area contributed by atoms with Crippen molar-refractivity contribution < 1.29 is 4.79 Å². The lowest BCUT2D eigenvalue weighted by atomic mass is 10.1. The van der Waals surface area contributed by atoms with E-state index in [9.17, 15) is 4.79 Å². The Morgan fingerprint density at radius 1 is 1.06 bits per heavy atom. The van der Waals surface area contributed by atoms with Gasteiger partial charge in [-0.2, -0.15) is 0 Å². The molecule has 0 aromatic carbocycles. The lowest BCUT2D eigenvalue weighted by Crippen LogP contribution is -2.44. The van der Waals surface area contributed by atoms with Crippen LogP contribution in [0.25, 0.3) is 0 Å². The molecule has 0 saturated heterocycles. The Balaban J connectivity index is 4.18. The maximum absolute atomic E-state index is 12.0. The maximum Gasteiger partial charge on any atom is 0.239 e. The zero-order valence-electron chi connectivity index (χ0n) is 11.2. The van der Waals surface area contributed by atoms with Gasteiger partial charge in [-0.1, -0.05) is 40.0 Å². The Labute approximate surface area is 100 Å². The molecular formula is C13H28N2O. The van der Waals surface area contributed by atoms with E-state index in [0.29, 0.717) is 0 Å². The number of nitrogens with two attached hydrogens (primary N) is 1. The summed E-state index contributed by atoms with van der Waals surface area (Å²) in [6.07, 6.45) is 6.18. The van der Waals surface area contributed by atoms with Crippen LogP contribution in [0.15, 0.2) is 0 Å². The first kappa shape index (κ1) is 15.4. The molecule has 0 aromatic rings. The van der Waals surface area contributed by atoms with Crippen molar-refractivity contribution in [3.63, 3.8) is 0 Å². The molecule has 0 bridgehead atoms. The number of hydrogen-bond donors (Lipinski definition) is 1. The second-order valence-corrected chi connectivity index (χ2v) is 4.43. The van der Waals surface area contributed by atoms with Gasteiger partial charge in [-0.15, -0.1) is 0 Å². The van der Waals surface area contributed by atoms with Crippen molar-refractivity contribution in [2.45, 2.75) is 65.3 Å². The summed E-state index contributed by atoms with van der Waals surface area (Å²) < 4.78 is 0. The van der Waals surface area contributed by atoms with Crippen LogP contribution in [0.3, 0.4) is 0 Å². The first-order valence-corrected chi connectivity index (χ1v) is 6.71. The van der Waals surface area contributed by atoms with E-state index in [4.69, 9.17) is 5.73 Å². The maximum atomic E-state index is 12.0. The molecule has 1 atom stereocenters. The number of carbonyl (C=O) groups is 1. The third-order valence-corrected chi connectivity index (χ3v) is 2.79. The largest absolute Gasteiger partial charge is 0.341 e. The van der Waals surface area contributed by atoms with Crippen molar-refractivity contribution in [3.05, 3.63) is 0 Å². The van der Waals surface area contributed by atoms with Crippen LogP contribution in [0.2, 0.25) is 0 Å². The highest BCUT2D eigenvalue weighted by molar-refractivity contribution is 5.81. The van der Waals surface area contributed by atoms with Gasteiger partial charge in [0.25, 0.3) is 0 Å². The van der Waals surface area contributed by atoms with E-state index in [-0.39, 0.29) is 11.9 Å². The third kappa shape index (κ3) is 6.11. The minimum atomic E-state index is -0.293. The van der Waals surface area contributed by atoms with Crippen LogP contribution >= 0.6 is 0 Å². The predicted molar refractivity (Wildman–Crippen MR) is 69.3 cm³/mol. The molecule has 0 spiro atoms. The van der Waals surface area contributed by atoms with Crippen molar-refractivity contribution in [3.8, 4) is 0 Å². The third-order valence-electron chi connectivity index (χ3n) is 2.79. The standard InChI is InChI=1S/C13H28N2O/c1-4-7-10-15(11-8-5-2)13(16)12(14)9-6-3/h12H,4-11,14H2,1-3H3/t12-/m1/s1. The molecule has 0 heterocycles. The Bertz CT molecular complexity index is 175. The Kier molecular flexibility index (Phi) is 9.30. The quantitative estimate of drug-likeness (QED) is 0.659. The predicted octanol–water partition coefficient (Wildman–Crippen LogP) is 2.54. The average Bonchev–Trinajstić information content (AvgIpc) is 2.29. The van der Waals surface area contributed by atoms with Gasteiger partial charge in [0.2, 0.25) is 5.91 Å². The van der Waals surface area contributed by atoms with Gasteiger partial charge in [0.15, 0.2) is 0 Å².